The number of hydrogen-bond donors (Lipinski definition) is 1. The topological polar surface area (TPSA) is 87.9 Å². The highest BCUT2D eigenvalue weighted by Crippen LogP contribution is 2.32. The molecular weight excluding hydrogens is 376 g/mol. The summed E-state index contributed by atoms with van der Waals surface area (Å²) in [5.41, 5.74) is 4.19. The van der Waals surface area contributed by atoms with E-state index in [0.29, 0.717) is 23.4 Å². The number of anilines is 1. The Morgan fingerprint density at radius 2 is 1.77 bits per heavy atom. The van der Waals surface area contributed by atoms with Gasteiger partial charge in [0.1, 0.15) is 11.9 Å². The number of ether oxygens (including phenoxy) is 1. The Kier molecular flexibility index (Phi) is 5.35. The minimum absolute atomic E-state index is 0.108. The second kappa shape index (κ2) is 8.41. The molecule has 1 N–H and O–H groups in total. The van der Waals surface area contributed by atoms with Crippen LogP contribution in [0.3, 0.4) is 0 Å². The highest BCUT2D eigenvalue weighted by molar-refractivity contribution is 6.02. The van der Waals surface area contributed by atoms with Gasteiger partial charge < -0.3 is 10.1 Å². The van der Waals surface area contributed by atoms with Gasteiger partial charge in [0.25, 0.3) is 0 Å². The van der Waals surface area contributed by atoms with E-state index in [-0.39, 0.29) is 11.8 Å². The van der Waals surface area contributed by atoms with E-state index in [4.69, 9.17) is 4.74 Å². The molecule has 6 nitrogen and oxygen atoms in total. The third kappa shape index (κ3) is 3.82. The van der Waals surface area contributed by atoms with E-state index >= 15 is 0 Å². The Labute approximate surface area is 173 Å². The summed E-state index contributed by atoms with van der Waals surface area (Å²) < 4.78 is 4.73. The van der Waals surface area contributed by atoms with Gasteiger partial charge in [0.15, 0.2) is 0 Å². The van der Waals surface area contributed by atoms with Crippen molar-refractivity contribution < 1.29 is 9.53 Å². The number of carbonyl (C=O) groups is 1. The molecule has 0 saturated heterocycles. The summed E-state index contributed by atoms with van der Waals surface area (Å²) in [5, 5.41) is 13.5. The molecule has 0 bridgehead atoms. The molecule has 4 aromatic rings. The predicted molar refractivity (Wildman–Crippen MR) is 115 cm³/mol. The molecule has 1 heterocycles. The van der Waals surface area contributed by atoms with Crippen molar-refractivity contribution in [2.75, 3.05) is 12.4 Å². The summed E-state index contributed by atoms with van der Waals surface area (Å²) >= 11 is 0. The van der Waals surface area contributed by atoms with E-state index in [2.05, 4.69) is 15.3 Å². The first-order valence-electron chi connectivity index (χ1n) is 9.37. The number of esters is 1. The number of nitriles is 1. The third-order valence-electron chi connectivity index (χ3n) is 4.74. The first-order valence-corrected chi connectivity index (χ1v) is 9.37. The standard InChI is InChI=1S/C24H18N4O2/c1-30-24(29)18-12-10-16(11-13-18)15-26-23-22-19(17-6-3-2-4-7-17)8-5-9-20(22)27-21(14-25)28-23/h2-13H,15H2,1H3,(H,26,27,28). The van der Waals surface area contributed by atoms with Crippen LogP contribution in [-0.4, -0.2) is 23.0 Å². The molecule has 0 spiro atoms. The van der Waals surface area contributed by atoms with E-state index in [1.807, 2.05) is 66.7 Å². The van der Waals surface area contributed by atoms with E-state index < -0.39 is 0 Å². The molecule has 0 fully saturated rings. The molecule has 0 aliphatic rings. The van der Waals surface area contributed by atoms with Crippen molar-refractivity contribution in [3.63, 3.8) is 0 Å². The molecule has 3 aromatic carbocycles. The quantitative estimate of drug-likeness (QED) is 0.499. The Bertz CT molecular complexity index is 1250. The normalized spacial score (nSPS) is 10.4. The highest BCUT2D eigenvalue weighted by Gasteiger charge is 2.13. The van der Waals surface area contributed by atoms with Gasteiger partial charge >= 0.3 is 5.97 Å². The van der Waals surface area contributed by atoms with E-state index in [1.54, 1.807) is 12.1 Å². The molecular formula is C24H18N4O2. The van der Waals surface area contributed by atoms with Crippen molar-refractivity contribution >= 4 is 22.7 Å². The van der Waals surface area contributed by atoms with E-state index in [1.165, 1.54) is 7.11 Å². The second-order valence-corrected chi connectivity index (χ2v) is 6.62. The zero-order chi connectivity index (χ0) is 20.9. The van der Waals surface area contributed by atoms with Crippen molar-refractivity contribution in [2.45, 2.75) is 6.54 Å². The number of carbonyl (C=O) groups excluding carboxylic acids is 1. The molecule has 4 rings (SSSR count). The van der Waals surface area contributed by atoms with Crippen molar-refractivity contribution in [1.82, 2.24) is 9.97 Å². The lowest BCUT2D eigenvalue weighted by atomic mass is 10.0. The minimum Gasteiger partial charge on any atom is -0.465 e. The molecule has 0 amide bonds. The zero-order valence-electron chi connectivity index (χ0n) is 16.3. The van der Waals surface area contributed by atoms with Crippen molar-refractivity contribution in [2.24, 2.45) is 0 Å². The smallest absolute Gasteiger partial charge is 0.337 e. The van der Waals surface area contributed by atoms with Gasteiger partial charge in [-0.1, -0.05) is 54.6 Å². The first kappa shape index (κ1) is 19.1. The predicted octanol–water partition coefficient (Wildman–Crippen LogP) is 4.57. The largest absolute Gasteiger partial charge is 0.465 e. The number of methoxy groups -OCH3 is 1. The summed E-state index contributed by atoms with van der Waals surface area (Å²) in [5.74, 6) is 0.326. The fraction of sp³-hybridized carbons (Fsp3) is 0.0833. The number of aromatic nitrogens is 2. The van der Waals surface area contributed by atoms with Gasteiger partial charge in [-0.25, -0.2) is 14.8 Å². The molecule has 0 aliphatic heterocycles. The van der Waals surface area contributed by atoms with Gasteiger partial charge in [-0.2, -0.15) is 5.26 Å². The van der Waals surface area contributed by atoms with Gasteiger partial charge in [-0.3, -0.25) is 0 Å². The summed E-state index contributed by atoms with van der Waals surface area (Å²) in [7, 11) is 1.36. The summed E-state index contributed by atoms with van der Waals surface area (Å²) in [6.07, 6.45) is 0. The lowest BCUT2D eigenvalue weighted by Crippen LogP contribution is -2.06. The Hall–Kier alpha value is -4.24. The Balaban J connectivity index is 1.72. The van der Waals surface area contributed by atoms with Crippen molar-refractivity contribution in [1.29, 1.82) is 5.26 Å². The fourth-order valence-electron chi connectivity index (χ4n) is 3.28. The maximum absolute atomic E-state index is 11.6. The molecule has 0 atom stereocenters. The number of fused-ring (bicyclic) bond motifs is 1. The minimum atomic E-state index is -0.373. The average molecular weight is 394 g/mol. The maximum atomic E-state index is 11.6. The average Bonchev–Trinajstić information content (AvgIpc) is 2.82. The molecule has 30 heavy (non-hydrogen) atoms. The van der Waals surface area contributed by atoms with Crippen LogP contribution in [0.2, 0.25) is 0 Å². The van der Waals surface area contributed by atoms with Crippen LogP contribution < -0.4 is 5.32 Å². The lowest BCUT2D eigenvalue weighted by Gasteiger charge is -2.13. The van der Waals surface area contributed by atoms with Crippen LogP contribution >= 0.6 is 0 Å². The fourth-order valence-corrected chi connectivity index (χ4v) is 3.28. The van der Waals surface area contributed by atoms with Gasteiger partial charge in [-0.15, -0.1) is 0 Å². The number of rotatable bonds is 5. The van der Waals surface area contributed by atoms with Crippen LogP contribution in [0.5, 0.6) is 0 Å². The van der Waals surface area contributed by atoms with Crippen LogP contribution in [0.15, 0.2) is 72.8 Å². The first-order chi connectivity index (χ1) is 14.7. The van der Waals surface area contributed by atoms with Gasteiger partial charge in [0.2, 0.25) is 5.82 Å². The molecule has 0 unspecified atom stereocenters. The lowest BCUT2D eigenvalue weighted by molar-refractivity contribution is 0.0600. The maximum Gasteiger partial charge on any atom is 0.337 e. The van der Waals surface area contributed by atoms with Crippen molar-refractivity contribution in [3.8, 4) is 17.2 Å². The van der Waals surface area contributed by atoms with Crippen LogP contribution in [0.25, 0.3) is 22.0 Å². The van der Waals surface area contributed by atoms with Crippen LogP contribution in [0.4, 0.5) is 5.82 Å². The molecule has 6 heteroatoms. The Morgan fingerprint density at radius 1 is 1.00 bits per heavy atom. The summed E-state index contributed by atoms with van der Waals surface area (Å²) in [6, 6.07) is 25.0. The van der Waals surface area contributed by atoms with Gasteiger partial charge in [0.05, 0.1) is 23.6 Å². The van der Waals surface area contributed by atoms with Crippen LogP contribution in [-0.2, 0) is 11.3 Å². The molecule has 0 radical (unpaired) electrons. The van der Waals surface area contributed by atoms with Crippen molar-refractivity contribution in [3.05, 3.63) is 89.7 Å². The summed E-state index contributed by atoms with van der Waals surface area (Å²) in [4.78, 5) is 20.4. The van der Waals surface area contributed by atoms with E-state index in [0.717, 1.165) is 22.1 Å². The third-order valence-corrected chi connectivity index (χ3v) is 4.74. The molecule has 1 aromatic heterocycles. The second-order valence-electron chi connectivity index (χ2n) is 6.62. The highest BCUT2D eigenvalue weighted by atomic mass is 16.5. The van der Waals surface area contributed by atoms with Gasteiger partial charge in [-0.05, 0) is 34.9 Å². The number of hydrogen-bond acceptors (Lipinski definition) is 6. The van der Waals surface area contributed by atoms with Gasteiger partial charge in [0, 0.05) is 6.54 Å². The van der Waals surface area contributed by atoms with Crippen LogP contribution in [0, 0.1) is 11.3 Å². The molecule has 146 valence electrons. The number of nitrogens with zero attached hydrogens (tertiary/aromatic N) is 3. The monoisotopic (exact) mass is 394 g/mol. The number of benzene rings is 3. The molecule has 0 saturated carbocycles. The SMILES string of the molecule is COC(=O)c1ccc(CNc2nc(C#N)nc3cccc(-c4ccccc4)c23)cc1. The zero-order valence-corrected chi connectivity index (χ0v) is 16.3. The van der Waals surface area contributed by atoms with Crippen LogP contribution in [0.1, 0.15) is 21.7 Å². The summed E-state index contributed by atoms with van der Waals surface area (Å²) in [6.45, 7) is 0.474. The number of nitrogens with one attached hydrogen (secondary N) is 1. The Morgan fingerprint density at radius 3 is 2.47 bits per heavy atom. The molecule has 0 aliphatic carbocycles. The van der Waals surface area contributed by atoms with E-state index in [9.17, 15) is 10.1 Å².